The van der Waals surface area contributed by atoms with E-state index in [1.54, 1.807) is 18.3 Å². The van der Waals surface area contributed by atoms with Crippen molar-refractivity contribution >= 4 is 5.82 Å². The Kier molecular flexibility index (Phi) is 4.10. The van der Waals surface area contributed by atoms with E-state index in [4.69, 9.17) is 5.26 Å². The predicted molar refractivity (Wildman–Crippen MR) is 98.1 cm³/mol. The minimum absolute atomic E-state index is 0.242. The molecule has 0 aliphatic carbocycles. The van der Waals surface area contributed by atoms with E-state index >= 15 is 0 Å². The molecule has 0 saturated heterocycles. The number of benzene rings is 1. The van der Waals surface area contributed by atoms with Crippen molar-refractivity contribution in [1.29, 1.82) is 5.26 Å². The summed E-state index contributed by atoms with van der Waals surface area (Å²) in [7, 11) is 0. The van der Waals surface area contributed by atoms with Crippen LogP contribution in [0.3, 0.4) is 0 Å². The maximum atomic E-state index is 13.2. The number of fused-ring (bicyclic) bond motifs is 1. The number of halogens is 1. The number of nitriles is 1. The van der Waals surface area contributed by atoms with Crippen LogP contribution in [0.5, 0.6) is 0 Å². The Balaban J connectivity index is 1.64. The molecule has 26 heavy (non-hydrogen) atoms. The van der Waals surface area contributed by atoms with E-state index in [2.05, 4.69) is 27.0 Å². The van der Waals surface area contributed by atoms with Crippen molar-refractivity contribution in [2.45, 2.75) is 19.9 Å². The average molecular weight is 344 g/mol. The summed E-state index contributed by atoms with van der Waals surface area (Å²) in [6.45, 7) is 3.54. The molecule has 0 N–H and O–H groups in total. The summed E-state index contributed by atoms with van der Waals surface area (Å²) in [5.41, 5.74) is 5.75. The second kappa shape index (κ2) is 6.57. The van der Waals surface area contributed by atoms with E-state index in [0.29, 0.717) is 5.56 Å². The lowest BCUT2D eigenvalue weighted by Gasteiger charge is -2.30. The Bertz CT molecular complexity index is 1010. The van der Waals surface area contributed by atoms with Crippen molar-refractivity contribution in [1.82, 2.24) is 9.97 Å². The molecule has 1 aromatic carbocycles. The van der Waals surface area contributed by atoms with E-state index in [1.807, 2.05) is 19.2 Å². The standard InChI is InChI=1S/C21H17FN4/c1-14-8-15(10-23)11-25-21(14)26-7-6-20-18(13-26)9-17(12-24-20)16-2-4-19(22)5-3-16/h2-5,8-9,11-12H,6-7,13H2,1H3. The van der Waals surface area contributed by atoms with Crippen LogP contribution >= 0.6 is 0 Å². The Morgan fingerprint density at radius 1 is 1.08 bits per heavy atom. The average Bonchev–Trinajstić information content (AvgIpc) is 2.67. The molecule has 0 fully saturated rings. The molecule has 5 heteroatoms. The van der Waals surface area contributed by atoms with Crippen molar-refractivity contribution in [3.05, 3.63) is 77.0 Å². The highest BCUT2D eigenvalue weighted by molar-refractivity contribution is 5.64. The summed E-state index contributed by atoms with van der Waals surface area (Å²) < 4.78 is 13.2. The Labute approximate surface area is 151 Å². The van der Waals surface area contributed by atoms with Gasteiger partial charge >= 0.3 is 0 Å². The van der Waals surface area contributed by atoms with Crippen LogP contribution in [0.2, 0.25) is 0 Å². The zero-order valence-corrected chi connectivity index (χ0v) is 14.4. The molecule has 4 nitrogen and oxygen atoms in total. The molecule has 2 aromatic heterocycles. The summed E-state index contributed by atoms with van der Waals surface area (Å²) >= 11 is 0. The number of nitrogens with zero attached hydrogens (tertiary/aromatic N) is 4. The number of anilines is 1. The quantitative estimate of drug-likeness (QED) is 0.704. The van der Waals surface area contributed by atoms with Crippen molar-refractivity contribution in [2.24, 2.45) is 0 Å². The molecule has 0 bridgehead atoms. The summed E-state index contributed by atoms with van der Waals surface area (Å²) in [5.74, 6) is 0.662. The van der Waals surface area contributed by atoms with Gasteiger partial charge < -0.3 is 4.90 Å². The first-order valence-corrected chi connectivity index (χ1v) is 8.49. The molecule has 0 radical (unpaired) electrons. The summed E-state index contributed by atoms with van der Waals surface area (Å²) in [6.07, 6.45) is 4.32. The fourth-order valence-electron chi connectivity index (χ4n) is 3.37. The maximum Gasteiger partial charge on any atom is 0.131 e. The maximum absolute atomic E-state index is 13.2. The Hall–Kier alpha value is -3.26. The van der Waals surface area contributed by atoms with E-state index in [1.165, 1.54) is 12.1 Å². The van der Waals surface area contributed by atoms with E-state index in [-0.39, 0.29) is 5.82 Å². The highest BCUT2D eigenvalue weighted by Gasteiger charge is 2.20. The van der Waals surface area contributed by atoms with Gasteiger partial charge in [0.05, 0.1) is 5.56 Å². The molecule has 1 aliphatic rings. The van der Waals surface area contributed by atoms with Crippen LogP contribution in [0.15, 0.2) is 48.8 Å². The van der Waals surface area contributed by atoms with E-state index in [9.17, 15) is 4.39 Å². The SMILES string of the molecule is Cc1cc(C#N)cnc1N1CCc2ncc(-c3ccc(F)cc3)cc2C1. The van der Waals surface area contributed by atoms with Gasteiger partial charge in [0, 0.05) is 43.2 Å². The first-order valence-electron chi connectivity index (χ1n) is 8.49. The van der Waals surface area contributed by atoms with Crippen molar-refractivity contribution in [2.75, 3.05) is 11.4 Å². The molecule has 0 amide bonds. The fraction of sp³-hybridized carbons (Fsp3) is 0.190. The fourth-order valence-corrected chi connectivity index (χ4v) is 3.37. The van der Waals surface area contributed by atoms with Crippen LogP contribution in [-0.4, -0.2) is 16.5 Å². The van der Waals surface area contributed by atoms with Gasteiger partial charge in [0.15, 0.2) is 0 Å². The highest BCUT2D eigenvalue weighted by Crippen LogP contribution is 2.28. The molecule has 3 heterocycles. The first kappa shape index (κ1) is 16.2. The van der Waals surface area contributed by atoms with Crippen molar-refractivity contribution in [3.63, 3.8) is 0 Å². The predicted octanol–water partition coefficient (Wildman–Crippen LogP) is 4.03. The zero-order valence-electron chi connectivity index (χ0n) is 14.4. The Morgan fingerprint density at radius 2 is 1.88 bits per heavy atom. The lowest BCUT2D eigenvalue weighted by molar-refractivity contribution is 0.628. The van der Waals surface area contributed by atoms with E-state index < -0.39 is 0 Å². The van der Waals surface area contributed by atoms with Gasteiger partial charge in [-0.15, -0.1) is 0 Å². The molecular weight excluding hydrogens is 327 g/mol. The summed E-state index contributed by atoms with van der Waals surface area (Å²) in [6, 6.07) is 12.6. The number of aryl methyl sites for hydroxylation is 1. The molecular formula is C21H17FN4. The third kappa shape index (κ3) is 3.02. The van der Waals surface area contributed by atoms with Gasteiger partial charge in [0.2, 0.25) is 0 Å². The van der Waals surface area contributed by atoms with Crippen LogP contribution in [-0.2, 0) is 13.0 Å². The second-order valence-electron chi connectivity index (χ2n) is 6.48. The molecule has 0 unspecified atom stereocenters. The molecule has 1 aliphatic heterocycles. The number of pyridine rings is 2. The van der Waals surface area contributed by atoms with Crippen LogP contribution in [0, 0.1) is 24.1 Å². The molecule has 0 spiro atoms. The van der Waals surface area contributed by atoms with Crippen LogP contribution < -0.4 is 4.90 Å². The number of rotatable bonds is 2. The number of hydrogen-bond acceptors (Lipinski definition) is 4. The number of hydrogen-bond donors (Lipinski definition) is 0. The molecule has 0 saturated carbocycles. The largest absolute Gasteiger partial charge is 0.352 e. The van der Waals surface area contributed by atoms with Crippen LogP contribution in [0.25, 0.3) is 11.1 Å². The Morgan fingerprint density at radius 3 is 2.62 bits per heavy atom. The first-order chi connectivity index (χ1) is 12.6. The molecule has 3 aromatic rings. The van der Waals surface area contributed by atoms with Gasteiger partial charge in [0.25, 0.3) is 0 Å². The lowest BCUT2D eigenvalue weighted by Crippen LogP contribution is -2.32. The van der Waals surface area contributed by atoms with Crippen LogP contribution in [0.1, 0.15) is 22.4 Å². The zero-order chi connectivity index (χ0) is 18.1. The van der Waals surface area contributed by atoms with Gasteiger partial charge in [-0.1, -0.05) is 12.1 Å². The molecule has 4 rings (SSSR count). The van der Waals surface area contributed by atoms with Crippen LogP contribution in [0.4, 0.5) is 10.2 Å². The van der Waals surface area contributed by atoms with Gasteiger partial charge in [-0.3, -0.25) is 4.98 Å². The second-order valence-corrected chi connectivity index (χ2v) is 6.48. The van der Waals surface area contributed by atoms with E-state index in [0.717, 1.165) is 53.3 Å². The summed E-state index contributed by atoms with van der Waals surface area (Å²) in [5, 5.41) is 9.01. The van der Waals surface area contributed by atoms with Gasteiger partial charge in [-0.25, -0.2) is 9.37 Å². The molecule has 128 valence electrons. The smallest absolute Gasteiger partial charge is 0.131 e. The minimum atomic E-state index is -0.242. The van der Waals surface area contributed by atoms with Crippen molar-refractivity contribution in [3.8, 4) is 17.2 Å². The highest BCUT2D eigenvalue weighted by atomic mass is 19.1. The number of aromatic nitrogens is 2. The minimum Gasteiger partial charge on any atom is -0.352 e. The van der Waals surface area contributed by atoms with Gasteiger partial charge in [-0.05, 0) is 47.9 Å². The van der Waals surface area contributed by atoms with Gasteiger partial charge in [-0.2, -0.15) is 5.26 Å². The lowest BCUT2D eigenvalue weighted by atomic mass is 10.00. The normalized spacial score (nSPS) is 13.2. The van der Waals surface area contributed by atoms with Gasteiger partial charge in [0.1, 0.15) is 17.7 Å². The monoisotopic (exact) mass is 344 g/mol. The van der Waals surface area contributed by atoms with Crippen molar-refractivity contribution < 1.29 is 4.39 Å². The molecule has 0 atom stereocenters. The summed E-state index contributed by atoms with van der Waals surface area (Å²) in [4.78, 5) is 11.3. The third-order valence-electron chi connectivity index (χ3n) is 4.70. The topological polar surface area (TPSA) is 52.8 Å². The third-order valence-corrected chi connectivity index (χ3v) is 4.70.